The molecule has 5 rings (SSSR count). The lowest BCUT2D eigenvalue weighted by Crippen LogP contribution is -2.54. The van der Waals surface area contributed by atoms with Crippen LogP contribution in [0, 0.1) is 0 Å². The number of rotatable bonds is 9. The molecular weight excluding hydrogens is 510 g/mol. The summed E-state index contributed by atoms with van der Waals surface area (Å²) >= 11 is 0. The Hall–Kier alpha value is -4.46. The number of nitrogens with zero attached hydrogens (tertiary/aromatic N) is 2. The quantitative estimate of drug-likeness (QED) is 0.265. The summed E-state index contributed by atoms with van der Waals surface area (Å²) in [6.07, 6.45) is 0.568. The molecule has 0 saturated carbocycles. The van der Waals surface area contributed by atoms with Crippen molar-refractivity contribution in [1.82, 2.24) is 15.1 Å². The van der Waals surface area contributed by atoms with Crippen molar-refractivity contribution < 1.29 is 9.59 Å². The van der Waals surface area contributed by atoms with Gasteiger partial charge in [0.05, 0.1) is 17.4 Å². The number of anilines is 2. The van der Waals surface area contributed by atoms with Gasteiger partial charge < -0.3 is 21.3 Å². The highest BCUT2D eigenvalue weighted by molar-refractivity contribution is 6.06. The standard InChI is InChI=1S/C34H37N5O2/c1-38-18-20-39(21-19-38)32(34(41)36-24-26-8-4-2-5-9-26)22-25-12-14-28(15-13-25)33(40)37-31-23-29(16-17-30(31)35)27-10-6-3-7-11-27/h2-17,23,32H,18-22,24,35H2,1H3,(H,36,41)(H,37,40). The van der Waals surface area contributed by atoms with E-state index in [2.05, 4.69) is 27.5 Å². The lowest BCUT2D eigenvalue weighted by atomic mass is 10.0. The SMILES string of the molecule is CN1CCN(C(Cc2ccc(C(=O)Nc3cc(-c4ccccc4)ccc3N)cc2)C(=O)NCc2ccccc2)CC1. The number of hydrogen-bond donors (Lipinski definition) is 3. The number of amides is 2. The summed E-state index contributed by atoms with van der Waals surface area (Å²) < 4.78 is 0. The van der Waals surface area contributed by atoms with Gasteiger partial charge in [-0.2, -0.15) is 0 Å². The number of carbonyl (C=O) groups excluding carboxylic acids is 2. The van der Waals surface area contributed by atoms with Crippen LogP contribution in [0.2, 0.25) is 0 Å². The highest BCUT2D eigenvalue weighted by atomic mass is 16.2. The molecule has 41 heavy (non-hydrogen) atoms. The number of benzene rings is 4. The van der Waals surface area contributed by atoms with Gasteiger partial charge in [-0.1, -0.05) is 78.9 Å². The summed E-state index contributed by atoms with van der Waals surface area (Å²) in [7, 11) is 2.11. The fourth-order valence-corrected chi connectivity index (χ4v) is 5.11. The summed E-state index contributed by atoms with van der Waals surface area (Å²) in [5.41, 5.74) is 11.9. The number of nitrogens with two attached hydrogens (primary N) is 1. The largest absolute Gasteiger partial charge is 0.397 e. The van der Waals surface area contributed by atoms with Gasteiger partial charge in [0.15, 0.2) is 0 Å². The van der Waals surface area contributed by atoms with Gasteiger partial charge >= 0.3 is 0 Å². The van der Waals surface area contributed by atoms with Gasteiger partial charge in [0.25, 0.3) is 5.91 Å². The van der Waals surface area contributed by atoms with Crippen LogP contribution in [0.5, 0.6) is 0 Å². The maximum absolute atomic E-state index is 13.4. The minimum atomic E-state index is -0.285. The number of hydrogen-bond acceptors (Lipinski definition) is 5. The molecule has 1 aliphatic heterocycles. The third-order valence-electron chi connectivity index (χ3n) is 7.64. The molecule has 0 aliphatic carbocycles. The van der Waals surface area contributed by atoms with Crippen LogP contribution in [-0.4, -0.2) is 60.9 Å². The van der Waals surface area contributed by atoms with E-state index in [-0.39, 0.29) is 17.9 Å². The van der Waals surface area contributed by atoms with Crippen LogP contribution in [0.4, 0.5) is 11.4 Å². The zero-order valence-corrected chi connectivity index (χ0v) is 23.4. The van der Waals surface area contributed by atoms with Crippen LogP contribution >= 0.6 is 0 Å². The fraction of sp³-hybridized carbons (Fsp3) is 0.235. The molecule has 0 radical (unpaired) electrons. The predicted octanol–water partition coefficient (Wildman–Crippen LogP) is 4.66. The molecular formula is C34H37N5O2. The van der Waals surface area contributed by atoms with Crippen molar-refractivity contribution >= 4 is 23.2 Å². The van der Waals surface area contributed by atoms with Crippen LogP contribution in [0.15, 0.2) is 103 Å². The Balaban J connectivity index is 1.26. The monoisotopic (exact) mass is 547 g/mol. The molecule has 210 valence electrons. The maximum Gasteiger partial charge on any atom is 0.255 e. The second-order valence-corrected chi connectivity index (χ2v) is 10.6. The van der Waals surface area contributed by atoms with E-state index in [0.29, 0.717) is 29.9 Å². The van der Waals surface area contributed by atoms with Crippen molar-refractivity contribution in [3.63, 3.8) is 0 Å². The van der Waals surface area contributed by atoms with E-state index >= 15 is 0 Å². The molecule has 7 nitrogen and oxygen atoms in total. The normalized spacial score (nSPS) is 14.8. The van der Waals surface area contributed by atoms with Crippen molar-refractivity contribution in [2.45, 2.75) is 19.0 Å². The molecule has 4 N–H and O–H groups in total. The molecule has 0 spiro atoms. The molecule has 7 heteroatoms. The average molecular weight is 548 g/mol. The van der Waals surface area contributed by atoms with Crippen LogP contribution in [0.1, 0.15) is 21.5 Å². The molecule has 4 aromatic rings. The van der Waals surface area contributed by atoms with E-state index in [4.69, 9.17) is 5.73 Å². The van der Waals surface area contributed by atoms with Gasteiger partial charge in [-0.15, -0.1) is 0 Å². The third kappa shape index (κ3) is 7.39. The lowest BCUT2D eigenvalue weighted by molar-refractivity contribution is -0.127. The molecule has 0 aromatic heterocycles. The van der Waals surface area contributed by atoms with E-state index in [0.717, 1.165) is 48.4 Å². The molecule has 4 aromatic carbocycles. The first kappa shape index (κ1) is 28.1. The zero-order valence-electron chi connectivity index (χ0n) is 23.4. The van der Waals surface area contributed by atoms with Crippen molar-refractivity contribution in [1.29, 1.82) is 0 Å². The number of likely N-dealkylation sites (N-methyl/N-ethyl adjacent to an activating group) is 1. The molecule has 0 bridgehead atoms. The van der Waals surface area contributed by atoms with Crippen LogP contribution < -0.4 is 16.4 Å². The Morgan fingerprint density at radius 3 is 2.12 bits per heavy atom. The molecule has 1 fully saturated rings. The van der Waals surface area contributed by atoms with Gasteiger partial charge in [0.1, 0.15) is 0 Å². The molecule has 1 heterocycles. The minimum absolute atomic E-state index is 0.0222. The average Bonchev–Trinajstić information content (AvgIpc) is 3.01. The van der Waals surface area contributed by atoms with Crippen LogP contribution in [0.3, 0.4) is 0 Å². The van der Waals surface area contributed by atoms with Crippen LogP contribution in [-0.2, 0) is 17.8 Å². The molecule has 1 unspecified atom stereocenters. The number of piperazine rings is 1. The summed E-state index contributed by atoms with van der Waals surface area (Å²) in [4.78, 5) is 31.1. The van der Waals surface area contributed by atoms with E-state index in [1.54, 1.807) is 0 Å². The molecule has 2 amide bonds. The summed E-state index contributed by atoms with van der Waals surface area (Å²) in [5, 5.41) is 6.10. The van der Waals surface area contributed by atoms with Gasteiger partial charge in [-0.05, 0) is 60.0 Å². The first-order valence-corrected chi connectivity index (χ1v) is 14.1. The second kappa shape index (κ2) is 13.3. The van der Waals surface area contributed by atoms with Gasteiger partial charge in [-0.3, -0.25) is 14.5 Å². The number of carbonyl (C=O) groups is 2. The van der Waals surface area contributed by atoms with E-state index in [1.165, 1.54) is 0 Å². The second-order valence-electron chi connectivity index (χ2n) is 10.6. The van der Waals surface area contributed by atoms with E-state index in [1.807, 2.05) is 103 Å². The maximum atomic E-state index is 13.4. The lowest BCUT2D eigenvalue weighted by Gasteiger charge is -2.37. The van der Waals surface area contributed by atoms with E-state index in [9.17, 15) is 9.59 Å². The highest BCUT2D eigenvalue weighted by Gasteiger charge is 2.28. The Morgan fingerprint density at radius 2 is 1.44 bits per heavy atom. The number of nitrogens with one attached hydrogen (secondary N) is 2. The Labute approximate surface area is 242 Å². The summed E-state index contributed by atoms with van der Waals surface area (Å²) in [5.74, 6) is -0.210. The topological polar surface area (TPSA) is 90.7 Å². The third-order valence-corrected chi connectivity index (χ3v) is 7.64. The van der Waals surface area contributed by atoms with Gasteiger partial charge in [0, 0.05) is 38.3 Å². The minimum Gasteiger partial charge on any atom is -0.397 e. The molecule has 1 saturated heterocycles. The Morgan fingerprint density at radius 1 is 0.780 bits per heavy atom. The van der Waals surface area contributed by atoms with Gasteiger partial charge in [-0.25, -0.2) is 0 Å². The first-order chi connectivity index (χ1) is 20.0. The summed E-state index contributed by atoms with van der Waals surface area (Å²) in [6.45, 7) is 4.03. The number of nitrogen functional groups attached to an aromatic ring is 1. The zero-order chi connectivity index (χ0) is 28.6. The van der Waals surface area contributed by atoms with Crippen molar-refractivity contribution in [2.24, 2.45) is 0 Å². The van der Waals surface area contributed by atoms with Crippen molar-refractivity contribution in [3.05, 3.63) is 120 Å². The smallest absolute Gasteiger partial charge is 0.255 e. The summed E-state index contributed by atoms with van der Waals surface area (Å²) in [6, 6.07) is 32.8. The van der Waals surface area contributed by atoms with Gasteiger partial charge in [0.2, 0.25) is 5.91 Å². The van der Waals surface area contributed by atoms with Crippen molar-refractivity contribution in [3.8, 4) is 11.1 Å². The van der Waals surface area contributed by atoms with Crippen LogP contribution in [0.25, 0.3) is 11.1 Å². The van der Waals surface area contributed by atoms with E-state index < -0.39 is 0 Å². The fourth-order valence-electron chi connectivity index (χ4n) is 5.11. The Kier molecular flexibility index (Phi) is 9.08. The first-order valence-electron chi connectivity index (χ1n) is 14.1. The van der Waals surface area contributed by atoms with Crippen molar-refractivity contribution in [2.75, 3.05) is 44.3 Å². The Bertz CT molecular complexity index is 1450. The predicted molar refractivity (Wildman–Crippen MR) is 166 cm³/mol. The molecule has 1 atom stereocenters. The molecule has 1 aliphatic rings. The highest BCUT2D eigenvalue weighted by Crippen LogP contribution is 2.27.